The van der Waals surface area contributed by atoms with Crippen molar-refractivity contribution in [2.45, 2.75) is 25.7 Å². The number of piperidine rings is 2. The first-order valence-corrected chi connectivity index (χ1v) is 8.45. The summed E-state index contributed by atoms with van der Waals surface area (Å²) in [6.07, 6.45) is 4.40. The van der Waals surface area contributed by atoms with E-state index in [4.69, 9.17) is 23.2 Å². The molecule has 0 bridgehead atoms. The van der Waals surface area contributed by atoms with Crippen LogP contribution in [0, 0.1) is 5.41 Å². The first-order chi connectivity index (χ1) is 10.5. The summed E-state index contributed by atoms with van der Waals surface area (Å²) in [5.74, 6) is -0.449. The SMILES string of the molecule is O=C(c1c(Cl)ccc(Cl)c1O)N1CCCC2(CCCNC2)C1. The quantitative estimate of drug-likeness (QED) is 0.823. The van der Waals surface area contributed by atoms with Crippen molar-refractivity contribution in [2.24, 2.45) is 5.41 Å². The van der Waals surface area contributed by atoms with Crippen LogP contribution in [0.1, 0.15) is 36.0 Å². The predicted octanol–water partition coefficient (Wildman–Crippen LogP) is 3.30. The smallest absolute Gasteiger partial charge is 0.259 e. The fraction of sp³-hybridized carbons (Fsp3) is 0.562. The molecular weight excluding hydrogens is 323 g/mol. The highest BCUT2D eigenvalue weighted by atomic mass is 35.5. The second-order valence-electron chi connectivity index (χ2n) is 6.36. The molecule has 22 heavy (non-hydrogen) atoms. The van der Waals surface area contributed by atoms with E-state index in [1.807, 2.05) is 4.90 Å². The number of phenols is 1. The molecule has 2 saturated heterocycles. The molecule has 1 unspecified atom stereocenters. The Bertz CT molecular complexity index is 580. The number of halogens is 2. The standard InChI is InChI=1S/C16H20Cl2N2O2/c17-11-3-4-12(18)14(21)13(11)15(22)20-8-2-6-16(10-20)5-1-7-19-9-16/h3-4,19,21H,1-2,5-10H2. The van der Waals surface area contributed by atoms with E-state index in [9.17, 15) is 9.90 Å². The minimum atomic E-state index is -0.227. The van der Waals surface area contributed by atoms with Crippen LogP contribution in [0.3, 0.4) is 0 Å². The number of aromatic hydroxyl groups is 1. The molecule has 2 aliphatic heterocycles. The number of carbonyl (C=O) groups is 1. The van der Waals surface area contributed by atoms with Crippen molar-refractivity contribution in [1.29, 1.82) is 0 Å². The average Bonchev–Trinajstić information content (AvgIpc) is 2.52. The third-order valence-corrected chi connectivity index (χ3v) is 5.42. The van der Waals surface area contributed by atoms with Crippen LogP contribution in [0.5, 0.6) is 5.75 Å². The van der Waals surface area contributed by atoms with Gasteiger partial charge in [0.05, 0.1) is 10.0 Å². The van der Waals surface area contributed by atoms with Gasteiger partial charge in [0.2, 0.25) is 0 Å². The highest BCUT2D eigenvalue weighted by molar-refractivity contribution is 6.37. The largest absolute Gasteiger partial charge is 0.505 e. The van der Waals surface area contributed by atoms with E-state index in [0.717, 1.165) is 38.8 Å². The maximum absolute atomic E-state index is 12.8. The summed E-state index contributed by atoms with van der Waals surface area (Å²) in [6, 6.07) is 3.05. The van der Waals surface area contributed by atoms with Gasteiger partial charge in [-0.3, -0.25) is 4.79 Å². The molecule has 2 N–H and O–H groups in total. The highest BCUT2D eigenvalue weighted by Gasteiger charge is 2.39. The van der Waals surface area contributed by atoms with Gasteiger partial charge in [-0.2, -0.15) is 0 Å². The van der Waals surface area contributed by atoms with Crippen LogP contribution in [0.4, 0.5) is 0 Å². The Kier molecular flexibility index (Phi) is 4.53. The molecule has 0 radical (unpaired) electrons. The molecule has 1 aromatic carbocycles. The number of phenolic OH excluding ortho intramolecular Hbond substituents is 1. The zero-order valence-corrected chi connectivity index (χ0v) is 13.9. The molecule has 6 heteroatoms. The fourth-order valence-electron chi connectivity index (χ4n) is 3.66. The number of nitrogens with zero attached hydrogens (tertiary/aromatic N) is 1. The van der Waals surface area contributed by atoms with Gasteiger partial charge in [-0.15, -0.1) is 0 Å². The molecule has 1 spiro atoms. The Morgan fingerprint density at radius 3 is 2.68 bits per heavy atom. The second-order valence-corrected chi connectivity index (χ2v) is 7.18. The summed E-state index contributed by atoms with van der Waals surface area (Å²) in [4.78, 5) is 14.6. The van der Waals surface area contributed by atoms with Crippen molar-refractivity contribution in [3.63, 3.8) is 0 Å². The lowest BCUT2D eigenvalue weighted by Crippen LogP contribution is -2.52. The minimum Gasteiger partial charge on any atom is -0.505 e. The number of hydrogen-bond acceptors (Lipinski definition) is 3. The van der Waals surface area contributed by atoms with E-state index in [-0.39, 0.29) is 32.7 Å². The molecule has 120 valence electrons. The zero-order chi connectivity index (χ0) is 15.7. The number of amides is 1. The third kappa shape index (κ3) is 2.92. The van der Waals surface area contributed by atoms with Crippen molar-refractivity contribution in [2.75, 3.05) is 26.2 Å². The Labute approximate surface area is 140 Å². The number of nitrogens with one attached hydrogen (secondary N) is 1. The number of carbonyl (C=O) groups excluding carboxylic acids is 1. The maximum atomic E-state index is 12.8. The van der Waals surface area contributed by atoms with Gasteiger partial charge in [-0.05, 0) is 44.4 Å². The zero-order valence-electron chi connectivity index (χ0n) is 12.4. The third-order valence-electron chi connectivity index (χ3n) is 4.80. The van der Waals surface area contributed by atoms with Crippen LogP contribution in [0.2, 0.25) is 10.0 Å². The van der Waals surface area contributed by atoms with E-state index in [1.165, 1.54) is 6.07 Å². The molecule has 4 nitrogen and oxygen atoms in total. The molecule has 2 aliphatic rings. The van der Waals surface area contributed by atoms with Crippen LogP contribution in [0.25, 0.3) is 0 Å². The first-order valence-electron chi connectivity index (χ1n) is 7.69. The topological polar surface area (TPSA) is 52.6 Å². The Morgan fingerprint density at radius 1 is 1.23 bits per heavy atom. The lowest BCUT2D eigenvalue weighted by molar-refractivity contribution is 0.0432. The van der Waals surface area contributed by atoms with Crippen LogP contribution in [0.15, 0.2) is 12.1 Å². The van der Waals surface area contributed by atoms with Gasteiger partial charge in [-0.1, -0.05) is 23.2 Å². The number of likely N-dealkylation sites (tertiary alicyclic amines) is 1. The van der Waals surface area contributed by atoms with Gasteiger partial charge in [0.15, 0.2) is 0 Å². The molecule has 1 aromatic rings. The van der Waals surface area contributed by atoms with Gasteiger partial charge in [0, 0.05) is 25.0 Å². The van der Waals surface area contributed by atoms with Gasteiger partial charge in [0.1, 0.15) is 11.3 Å². The van der Waals surface area contributed by atoms with E-state index in [1.54, 1.807) is 6.07 Å². The normalized spacial score (nSPS) is 25.5. The van der Waals surface area contributed by atoms with Crippen molar-refractivity contribution < 1.29 is 9.90 Å². The lowest BCUT2D eigenvalue weighted by Gasteiger charge is -2.45. The molecule has 0 saturated carbocycles. The first kappa shape index (κ1) is 15.9. The van der Waals surface area contributed by atoms with Gasteiger partial charge < -0.3 is 15.3 Å². The summed E-state index contributed by atoms with van der Waals surface area (Å²) < 4.78 is 0. The summed E-state index contributed by atoms with van der Waals surface area (Å²) in [5, 5.41) is 13.9. The predicted molar refractivity (Wildman–Crippen MR) is 87.8 cm³/mol. The van der Waals surface area contributed by atoms with Crippen molar-refractivity contribution in [3.8, 4) is 5.75 Å². The van der Waals surface area contributed by atoms with E-state index in [2.05, 4.69) is 5.32 Å². The van der Waals surface area contributed by atoms with Gasteiger partial charge in [0.25, 0.3) is 5.91 Å². The van der Waals surface area contributed by atoms with E-state index >= 15 is 0 Å². The van der Waals surface area contributed by atoms with Gasteiger partial charge >= 0.3 is 0 Å². The van der Waals surface area contributed by atoms with Crippen LogP contribution in [-0.2, 0) is 0 Å². The van der Waals surface area contributed by atoms with E-state index < -0.39 is 0 Å². The summed E-state index contributed by atoms with van der Waals surface area (Å²) >= 11 is 12.0. The second kappa shape index (κ2) is 6.26. The van der Waals surface area contributed by atoms with E-state index in [0.29, 0.717) is 13.1 Å². The van der Waals surface area contributed by atoms with Crippen molar-refractivity contribution >= 4 is 29.1 Å². The molecule has 2 heterocycles. The molecule has 1 amide bonds. The summed E-state index contributed by atoms with van der Waals surface area (Å²) in [7, 11) is 0. The van der Waals surface area contributed by atoms with Crippen molar-refractivity contribution in [1.82, 2.24) is 10.2 Å². The number of rotatable bonds is 1. The van der Waals surface area contributed by atoms with Crippen LogP contribution >= 0.6 is 23.2 Å². The number of hydrogen-bond donors (Lipinski definition) is 2. The van der Waals surface area contributed by atoms with Crippen LogP contribution < -0.4 is 5.32 Å². The lowest BCUT2D eigenvalue weighted by atomic mass is 9.74. The average molecular weight is 343 g/mol. The molecule has 0 aromatic heterocycles. The Morgan fingerprint density at radius 2 is 1.95 bits per heavy atom. The molecule has 1 atom stereocenters. The molecule has 2 fully saturated rings. The van der Waals surface area contributed by atoms with Crippen LogP contribution in [-0.4, -0.2) is 42.1 Å². The fourth-order valence-corrected chi connectivity index (χ4v) is 4.05. The molecule has 3 rings (SSSR count). The monoisotopic (exact) mass is 342 g/mol. The highest BCUT2D eigenvalue weighted by Crippen LogP contribution is 2.39. The molecular formula is C16H20Cl2N2O2. The Hall–Kier alpha value is -0.970. The summed E-state index contributed by atoms with van der Waals surface area (Å²) in [5.41, 5.74) is 0.280. The van der Waals surface area contributed by atoms with Crippen molar-refractivity contribution in [3.05, 3.63) is 27.7 Å². The maximum Gasteiger partial charge on any atom is 0.259 e. The number of benzene rings is 1. The summed E-state index contributed by atoms with van der Waals surface area (Å²) in [6.45, 7) is 3.41. The molecule has 0 aliphatic carbocycles. The van der Waals surface area contributed by atoms with Gasteiger partial charge in [-0.25, -0.2) is 0 Å². The minimum absolute atomic E-state index is 0.120. The Balaban J connectivity index is 1.85.